The van der Waals surface area contributed by atoms with Crippen LogP contribution in [0.2, 0.25) is 0 Å². The van der Waals surface area contributed by atoms with Crippen molar-refractivity contribution >= 4 is 21.4 Å². The fraction of sp³-hybridized carbons (Fsp3) is 0.455. The average molecular weight is 305 g/mol. The lowest BCUT2D eigenvalue weighted by Crippen LogP contribution is -2.30. The van der Waals surface area contributed by atoms with Crippen molar-refractivity contribution in [2.75, 3.05) is 17.0 Å². The van der Waals surface area contributed by atoms with Crippen molar-refractivity contribution in [2.24, 2.45) is 0 Å². The van der Waals surface area contributed by atoms with Gasteiger partial charge < -0.3 is 5.32 Å². The summed E-state index contributed by atoms with van der Waals surface area (Å²) < 4.78 is 38.9. The number of benzene rings is 1. The molecule has 1 aromatic rings. The molecular formula is C11H16FN3O4S. The molecule has 20 heavy (non-hydrogen) atoms. The summed E-state index contributed by atoms with van der Waals surface area (Å²) in [5.74, 6) is -1.26. The van der Waals surface area contributed by atoms with Gasteiger partial charge in [-0.2, -0.15) is 4.39 Å². The molecule has 0 heterocycles. The Bertz CT molecular complexity index is 589. The number of nitrogens with one attached hydrogen (secondary N) is 2. The minimum Gasteiger partial charge on any atom is -0.313 e. The second kappa shape index (κ2) is 6.62. The van der Waals surface area contributed by atoms with Gasteiger partial charge in [0.05, 0.1) is 16.4 Å². The lowest BCUT2D eigenvalue weighted by Gasteiger charge is -2.10. The molecule has 9 heteroatoms. The molecule has 0 aliphatic heterocycles. The van der Waals surface area contributed by atoms with E-state index in [1.165, 1.54) is 0 Å². The van der Waals surface area contributed by atoms with Gasteiger partial charge in [0.1, 0.15) is 0 Å². The zero-order chi connectivity index (χ0) is 15.3. The largest absolute Gasteiger partial charge is 0.313 e. The van der Waals surface area contributed by atoms with E-state index in [-0.39, 0.29) is 24.0 Å². The van der Waals surface area contributed by atoms with E-state index >= 15 is 0 Å². The van der Waals surface area contributed by atoms with Gasteiger partial charge in [0.15, 0.2) is 0 Å². The molecule has 0 aliphatic rings. The smallest absolute Gasteiger partial charge is 0.304 e. The Kier molecular flexibility index (Phi) is 5.40. The monoisotopic (exact) mass is 305 g/mol. The molecule has 0 spiro atoms. The third kappa shape index (κ3) is 5.10. The summed E-state index contributed by atoms with van der Waals surface area (Å²) in [6.45, 7) is 4.01. The Labute approximate surface area is 116 Å². The van der Waals surface area contributed by atoms with E-state index in [0.717, 1.165) is 18.2 Å². The average Bonchev–Trinajstić information content (AvgIpc) is 2.26. The predicted molar refractivity (Wildman–Crippen MR) is 73.6 cm³/mol. The van der Waals surface area contributed by atoms with Gasteiger partial charge >= 0.3 is 5.69 Å². The van der Waals surface area contributed by atoms with Crippen molar-refractivity contribution in [1.29, 1.82) is 0 Å². The standard InChI is InChI=1S/C11H16FN3O4S/c1-8(2)13-5-6-20(18,19)14-9-3-4-11(15(16)17)10(12)7-9/h3-4,7-8,13-14H,5-6H2,1-2H3. The molecule has 112 valence electrons. The highest BCUT2D eigenvalue weighted by atomic mass is 32.2. The van der Waals surface area contributed by atoms with Gasteiger partial charge in [-0.05, 0) is 6.07 Å². The molecule has 0 fully saturated rings. The van der Waals surface area contributed by atoms with E-state index in [2.05, 4.69) is 10.0 Å². The first kappa shape index (κ1) is 16.3. The molecule has 0 bridgehead atoms. The number of sulfonamides is 1. The van der Waals surface area contributed by atoms with Crippen LogP contribution in [0.1, 0.15) is 13.8 Å². The molecule has 1 aromatic carbocycles. The molecule has 0 aromatic heterocycles. The molecule has 0 radical (unpaired) electrons. The third-order valence-electron chi connectivity index (χ3n) is 2.34. The molecule has 0 saturated carbocycles. The van der Waals surface area contributed by atoms with E-state index in [1.807, 2.05) is 13.8 Å². The summed E-state index contributed by atoms with van der Waals surface area (Å²) in [6.07, 6.45) is 0. The van der Waals surface area contributed by atoms with Gasteiger partial charge in [0, 0.05) is 24.7 Å². The second-order valence-electron chi connectivity index (χ2n) is 4.45. The van der Waals surface area contributed by atoms with Crippen molar-refractivity contribution in [1.82, 2.24) is 5.32 Å². The summed E-state index contributed by atoms with van der Waals surface area (Å²) in [5, 5.41) is 13.4. The minimum atomic E-state index is -3.63. The summed E-state index contributed by atoms with van der Waals surface area (Å²) in [6, 6.07) is 3.00. The van der Waals surface area contributed by atoms with Gasteiger partial charge in [-0.1, -0.05) is 13.8 Å². The van der Waals surface area contributed by atoms with Crippen LogP contribution in [-0.4, -0.2) is 31.7 Å². The number of nitro benzene ring substituents is 1. The van der Waals surface area contributed by atoms with E-state index < -0.39 is 26.5 Å². The van der Waals surface area contributed by atoms with Crippen LogP contribution in [0.3, 0.4) is 0 Å². The maximum absolute atomic E-state index is 13.3. The molecule has 1 rings (SSSR count). The molecule has 0 unspecified atom stereocenters. The van der Waals surface area contributed by atoms with Crippen molar-refractivity contribution in [3.05, 3.63) is 34.1 Å². The zero-order valence-electron chi connectivity index (χ0n) is 11.1. The van der Waals surface area contributed by atoms with E-state index in [9.17, 15) is 22.9 Å². The van der Waals surface area contributed by atoms with Crippen molar-refractivity contribution in [3.8, 4) is 0 Å². The highest BCUT2D eigenvalue weighted by Gasteiger charge is 2.16. The SMILES string of the molecule is CC(C)NCCS(=O)(=O)Nc1ccc([N+](=O)[O-])c(F)c1. The van der Waals surface area contributed by atoms with Crippen LogP contribution in [0.4, 0.5) is 15.8 Å². The third-order valence-corrected chi connectivity index (χ3v) is 3.63. The maximum Gasteiger partial charge on any atom is 0.304 e. The zero-order valence-corrected chi connectivity index (χ0v) is 11.9. The summed E-state index contributed by atoms with van der Waals surface area (Å²) in [4.78, 5) is 9.57. The molecular weight excluding hydrogens is 289 g/mol. The van der Waals surface area contributed by atoms with Crippen LogP contribution in [0, 0.1) is 15.9 Å². The van der Waals surface area contributed by atoms with E-state index in [0.29, 0.717) is 0 Å². The Morgan fingerprint density at radius 1 is 1.40 bits per heavy atom. The normalized spacial score (nSPS) is 11.6. The number of rotatable bonds is 7. The molecule has 2 N–H and O–H groups in total. The van der Waals surface area contributed by atoms with Crippen LogP contribution < -0.4 is 10.0 Å². The molecule has 0 aliphatic carbocycles. The molecule has 0 saturated heterocycles. The van der Waals surface area contributed by atoms with E-state index in [4.69, 9.17) is 0 Å². The van der Waals surface area contributed by atoms with Crippen LogP contribution >= 0.6 is 0 Å². The van der Waals surface area contributed by atoms with Gasteiger partial charge in [-0.3, -0.25) is 14.8 Å². The number of hydrogen-bond donors (Lipinski definition) is 2. The van der Waals surface area contributed by atoms with Gasteiger partial charge in [0.2, 0.25) is 15.8 Å². The van der Waals surface area contributed by atoms with Crippen molar-refractivity contribution in [2.45, 2.75) is 19.9 Å². The quantitative estimate of drug-likeness (QED) is 0.587. The lowest BCUT2D eigenvalue weighted by atomic mass is 10.3. The van der Waals surface area contributed by atoms with Crippen LogP contribution in [0.5, 0.6) is 0 Å². The Hall–Kier alpha value is -1.74. The summed E-state index contributed by atoms with van der Waals surface area (Å²) in [5.41, 5.74) is -0.743. The number of nitro groups is 1. The van der Waals surface area contributed by atoms with Gasteiger partial charge in [-0.15, -0.1) is 0 Å². The Morgan fingerprint density at radius 2 is 2.05 bits per heavy atom. The summed E-state index contributed by atoms with van der Waals surface area (Å²) in [7, 11) is -3.63. The number of halogens is 1. The predicted octanol–water partition coefficient (Wildman–Crippen LogP) is 1.47. The van der Waals surface area contributed by atoms with Crippen molar-refractivity contribution in [3.63, 3.8) is 0 Å². The first-order valence-electron chi connectivity index (χ1n) is 5.89. The number of anilines is 1. The number of hydrogen-bond acceptors (Lipinski definition) is 5. The fourth-order valence-corrected chi connectivity index (χ4v) is 2.41. The Balaban J connectivity index is 2.73. The topological polar surface area (TPSA) is 101 Å². The first-order valence-corrected chi connectivity index (χ1v) is 7.54. The highest BCUT2D eigenvalue weighted by molar-refractivity contribution is 7.92. The maximum atomic E-state index is 13.3. The van der Waals surface area contributed by atoms with Crippen LogP contribution in [-0.2, 0) is 10.0 Å². The molecule has 7 nitrogen and oxygen atoms in total. The second-order valence-corrected chi connectivity index (χ2v) is 6.29. The van der Waals surface area contributed by atoms with E-state index in [1.54, 1.807) is 0 Å². The van der Waals surface area contributed by atoms with Crippen molar-refractivity contribution < 1.29 is 17.7 Å². The first-order chi connectivity index (χ1) is 9.21. The lowest BCUT2D eigenvalue weighted by molar-refractivity contribution is -0.387. The molecule has 0 amide bonds. The van der Waals surface area contributed by atoms with Crippen LogP contribution in [0.15, 0.2) is 18.2 Å². The van der Waals surface area contributed by atoms with Gasteiger partial charge in [0.25, 0.3) is 0 Å². The minimum absolute atomic E-state index is 0.0438. The van der Waals surface area contributed by atoms with Gasteiger partial charge in [-0.25, -0.2) is 8.42 Å². The van der Waals surface area contributed by atoms with Crippen LogP contribution in [0.25, 0.3) is 0 Å². The summed E-state index contributed by atoms with van der Waals surface area (Å²) >= 11 is 0. The Morgan fingerprint density at radius 3 is 2.55 bits per heavy atom. The number of nitrogens with zero attached hydrogens (tertiary/aromatic N) is 1. The fourth-order valence-electron chi connectivity index (χ4n) is 1.43. The molecule has 0 atom stereocenters. The highest BCUT2D eigenvalue weighted by Crippen LogP contribution is 2.21.